The maximum Gasteiger partial charge on any atom is 0.133 e. The Labute approximate surface area is 146 Å². The van der Waals surface area contributed by atoms with Gasteiger partial charge < -0.3 is 9.15 Å². The van der Waals surface area contributed by atoms with Gasteiger partial charge in [0.25, 0.3) is 0 Å². The Kier molecular flexibility index (Phi) is 6.54. The third kappa shape index (κ3) is 4.73. The molecule has 1 aromatic carbocycles. The summed E-state index contributed by atoms with van der Waals surface area (Å²) in [7, 11) is 0. The molecule has 1 aliphatic rings. The lowest BCUT2D eigenvalue weighted by atomic mass is 9.98. The number of rotatable bonds is 9. The predicted molar refractivity (Wildman–Crippen MR) is 98.1 cm³/mol. The molecule has 1 aromatic heterocycles. The van der Waals surface area contributed by atoms with Gasteiger partial charge in [0.1, 0.15) is 17.6 Å². The van der Waals surface area contributed by atoms with E-state index in [1.165, 1.54) is 61.8 Å². The van der Waals surface area contributed by atoms with Crippen molar-refractivity contribution < 1.29 is 9.15 Å². The number of unbranched alkanes of at least 4 members (excludes halogenated alkanes) is 3. The van der Waals surface area contributed by atoms with Crippen LogP contribution in [0.2, 0.25) is 0 Å². The molecule has 0 radical (unpaired) electrons. The molecule has 1 aliphatic carbocycles. The van der Waals surface area contributed by atoms with Gasteiger partial charge in [-0.1, -0.05) is 62.9 Å². The number of benzene rings is 1. The summed E-state index contributed by atoms with van der Waals surface area (Å²) >= 11 is 0. The SMILES string of the molecule is CCCCCCC(OCc1ccccc1)c1cc2c(o1)CCCC2. The van der Waals surface area contributed by atoms with E-state index in [2.05, 4.69) is 37.3 Å². The first-order chi connectivity index (χ1) is 11.9. The van der Waals surface area contributed by atoms with Crippen LogP contribution < -0.4 is 0 Å². The van der Waals surface area contributed by atoms with Crippen LogP contribution in [-0.4, -0.2) is 0 Å². The van der Waals surface area contributed by atoms with Crippen molar-refractivity contribution in [2.24, 2.45) is 0 Å². The highest BCUT2D eigenvalue weighted by Gasteiger charge is 2.21. The normalized spacial score (nSPS) is 15.2. The van der Waals surface area contributed by atoms with Crippen molar-refractivity contribution in [2.45, 2.75) is 77.4 Å². The Bertz CT molecular complexity index is 576. The minimum absolute atomic E-state index is 0.0904. The second-order valence-electron chi connectivity index (χ2n) is 6.94. The maximum atomic E-state index is 6.28. The highest BCUT2D eigenvalue weighted by Crippen LogP contribution is 2.32. The summed E-state index contributed by atoms with van der Waals surface area (Å²) in [6, 6.07) is 12.7. The van der Waals surface area contributed by atoms with Gasteiger partial charge in [-0.05, 0) is 42.9 Å². The van der Waals surface area contributed by atoms with Crippen LogP contribution in [-0.2, 0) is 24.2 Å². The molecule has 1 unspecified atom stereocenters. The van der Waals surface area contributed by atoms with Crippen molar-refractivity contribution in [3.8, 4) is 0 Å². The smallest absolute Gasteiger partial charge is 0.133 e. The molecule has 2 heteroatoms. The number of hydrogen-bond acceptors (Lipinski definition) is 2. The van der Waals surface area contributed by atoms with Crippen molar-refractivity contribution >= 4 is 0 Å². The Morgan fingerprint density at radius 1 is 1.04 bits per heavy atom. The summed E-state index contributed by atoms with van der Waals surface area (Å²) in [5.41, 5.74) is 2.64. The van der Waals surface area contributed by atoms with E-state index in [4.69, 9.17) is 9.15 Å². The lowest BCUT2D eigenvalue weighted by Crippen LogP contribution is -2.04. The van der Waals surface area contributed by atoms with Gasteiger partial charge in [0.05, 0.1) is 6.61 Å². The molecule has 0 bridgehead atoms. The first kappa shape index (κ1) is 17.3. The Hall–Kier alpha value is -1.54. The minimum Gasteiger partial charge on any atom is -0.463 e. The van der Waals surface area contributed by atoms with Gasteiger partial charge in [-0.25, -0.2) is 0 Å². The number of furan rings is 1. The van der Waals surface area contributed by atoms with Gasteiger partial charge in [-0.3, -0.25) is 0 Å². The van der Waals surface area contributed by atoms with Gasteiger partial charge in [-0.2, -0.15) is 0 Å². The Morgan fingerprint density at radius 3 is 2.67 bits per heavy atom. The van der Waals surface area contributed by atoms with E-state index >= 15 is 0 Å². The fourth-order valence-electron chi connectivity index (χ4n) is 3.51. The quantitative estimate of drug-likeness (QED) is 0.498. The monoisotopic (exact) mass is 326 g/mol. The first-order valence-corrected chi connectivity index (χ1v) is 9.64. The molecule has 1 heterocycles. The topological polar surface area (TPSA) is 22.4 Å². The van der Waals surface area contributed by atoms with E-state index in [-0.39, 0.29) is 6.10 Å². The zero-order valence-electron chi connectivity index (χ0n) is 14.9. The molecule has 0 saturated carbocycles. The van der Waals surface area contributed by atoms with E-state index < -0.39 is 0 Å². The van der Waals surface area contributed by atoms with Crippen molar-refractivity contribution in [1.82, 2.24) is 0 Å². The van der Waals surface area contributed by atoms with E-state index in [1.807, 2.05) is 6.07 Å². The van der Waals surface area contributed by atoms with Crippen molar-refractivity contribution in [3.63, 3.8) is 0 Å². The number of aryl methyl sites for hydroxylation is 2. The zero-order valence-corrected chi connectivity index (χ0v) is 14.9. The Balaban J connectivity index is 1.65. The van der Waals surface area contributed by atoms with Crippen molar-refractivity contribution in [1.29, 1.82) is 0 Å². The van der Waals surface area contributed by atoms with E-state index in [0.29, 0.717) is 6.61 Å². The van der Waals surface area contributed by atoms with E-state index in [0.717, 1.165) is 18.6 Å². The largest absolute Gasteiger partial charge is 0.463 e. The van der Waals surface area contributed by atoms with Gasteiger partial charge in [0, 0.05) is 6.42 Å². The van der Waals surface area contributed by atoms with Crippen LogP contribution in [0.3, 0.4) is 0 Å². The fourth-order valence-corrected chi connectivity index (χ4v) is 3.51. The number of hydrogen-bond donors (Lipinski definition) is 0. The third-order valence-electron chi connectivity index (χ3n) is 4.95. The lowest BCUT2D eigenvalue weighted by Gasteiger charge is -2.16. The molecule has 3 rings (SSSR count). The fraction of sp³-hybridized carbons (Fsp3) is 0.545. The summed E-state index contributed by atoms with van der Waals surface area (Å²) in [5.74, 6) is 2.26. The van der Waals surface area contributed by atoms with Crippen LogP contribution in [0.25, 0.3) is 0 Å². The Morgan fingerprint density at radius 2 is 1.88 bits per heavy atom. The van der Waals surface area contributed by atoms with E-state index in [9.17, 15) is 0 Å². The second kappa shape index (κ2) is 9.08. The van der Waals surface area contributed by atoms with Crippen LogP contribution in [0.5, 0.6) is 0 Å². The van der Waals surface area contributed by atoms with Crippen molar-refractivity contribution in [2.75, 3.05) is 0 Å². The highest BCUT2D eigenvalue weighted by atomic mass is 16.5. The first-order valence-electron chi connectivity index (χ1n) is 9.64. The van der Waals surface area contributed by atoms with Crippen LogP contribution in [0.15, 0.2) is 40.8 Å². The molecule has 0 N–H and O–H groups in total. The molecular weight excluding hydrogens is 296 g/mol. The molecule has 24 heavy (non-hydrogen) atoms. The average molecular weight is 326 g/mol. The summed E-state index contributed by atoms with van der Waals surface area (Å²) in [4.78, 5) is 0. The summed E-state index contributed by atoms with van der Waals surface area (Å²) in [6.07, 6.45) is 11.0. The standard InChI is InChI=1S/C22H30O2/c1-2-3-4-8-15-21(23-17-18-11-6-5-7-12-18)22-16-19-13-9-10-14-20(19)24-22/h5-7,11-12,16,21H,2-4,8-10,13-15,17H2,1H3. The van der Waals surface area contributed by atoms with Gasteiger partial charge in [0.2, 0.25) is 0 Å². The van der Waals surface area contributed by atoms with Crippen LogP contribution >= 0.6 is 0 Å². The van der Waals surface area contributed by atoms with E-state index in [1.54, 1.807) is 0 Å². The average Bonchev–Trinajstić information content (AvgIpc) is 3.06. The number of ether oxygens (including phenoxy) is 1. The zero-order chi connectivity index (χ0) is 16.6. The second-order valence-corrected chi connectivity index (χ2v) is 6.94. The van der Waals surface area contributed by atoms with Gasteiger partial charge in [-0.15, -0.1) is 0 Å². The van der Waals surface area contributed by atoms with Crippen LogP contribution in [0.4, 0.5) is 0 Å². The molecule has 0 amide bonds. The molecule has 0 fully saturated rings. The summed E-state index contributed by atoms with van der Waals surface area (Å²) in [6.45, 7) is 2.91. The molecule has 130 valence electrons. The predicted octanol–water partition coefficient (Wildman–Crippen LogP) is 6.39. The molecule has 0 spiro atoms. The molecule has 1 atom stereocenters. The van der Waals surface area contributed by atoms with Crippen molar-refractivity contribution in [3.05, 3.63) is 59.0 Å². The maximum absolute atomic E-state index is 6.28. The van der Waals surface area contributed by atoms with Gasteiger partial charge >= 0.3 is 0 Å². The van der Waals surface area contributed by atoms with Crippen LogP contribution in [0.1, 0.15) is 80.6 Å². The number of fused-ring (bicyclic) bond motifs is 1. The van der Waals surface area contributed by atoms with Gasteiger partial charge in [0.15, 0.2) is 0 Å². The molecule has 2 aromatic rings. The molecule has 0 saturated heterocycles. The summed E-state index contributed by atoms with van der Waals surface area (Å²) in [5, 5.41) is 0. The lowest BCUT2D eigenvalue weighted by molar-refractivity contribution is 0.0174. The molecule has 0 aliphatic heterocycles. The summed E-state index contributed by atoms with van der Waals surface area (Å²) < 4.78 is 12.5. The third-order valence-corrected chi connectivity index (χ3v) is 4.95. The minimum atomic E-state index is 0.0904. The molecule has 2 nitrogen and oxygen atoms in total. The highest BCUT2D eigenvalue weighted by molar-refractivity contribution is 5.25. The molecular formula is C22H30O2. The van der Waals surface area contributed by atoms with Crippen LogP contribution in [0, 0.1) is 0 Å².